The number of nitrogens with one attached hydrogen (secondary N) is 1. The molecule has 3 heterocycles. The van der Waals surface area contributed by atoms with Crippen molar-refractivity contribution in [1.29, 1.82) is 0 Å². The molecule has 4 aromatic rings. The number of pyridine rings is 1. The van der Waals surface area contributed by atoms with Crippen molar-refractivity contribution in [2.45, 2.75) is 10.9 Å². The zero-order chi connectivity index (χ0) is 20.2. The Morgan fingerprint density at radius 3 is 2.90 bits per heavy atom. The lowest BCUT2D eigenvalue weighted by atomic mass is 10.1. The summed E-state index contributed by atoms with van der Waals surface area (Å²) in [6.45, 7) is 7.35. The second kappa shape index (κ2) is 8.15. The molecular formula is C21H16N4O3S. The van der Waals surface area contributed by atoms with Crippen LogP contribution >= 0.6 is 11.8 Å². The Kier molecular flexibility index (Phi) is 5.26. The summed E-state index contributed by atoms with van der Waals surface area (Å²) in [4.78, 5) is 19.4. The molecule has 0 radical (unpaired) electrons. The first-order valence-electron chi connectivity index (χ1n) is 8.65. The molecule has 0 atom stereocenters. The number of fused-ring (bicyclic) bond motifs is 1. The van der Waals surface area contributed by atoms with Crippen LogP contribution in [0.2, 0.25) is 0 Å². The van der Waals surface area contributed by atoms with Gasteiger partial charge in [-0.3, -0.25) is 4.79 Å². The average molecular weight is 404 g/mol. The molecule has 1 aromatic carbocycles. The Labute approximate surface area is 170 Å². The van der Waals surface area contributed by atoms with Crippen LogP contribution in [0.15, 0.2) is 82.5 Å². The molecule has 0 spiro atoms. The number of thioether (sulfide) groups is 1. The van der Waals surface area contributed by atoms with E-state index < -0.39 is 0 Å². The van der Waals surface area contributed by atoms with E-state index in [2.05, 4.69) is 33.3 Å². The van der Waals surface area contributed by atoms with Gasteiger partial charge in [-0.2, -0.15) is 0 Å². The molecule has 0 fully saturated rings. The normalized spacial score (nSPS) is 10.8. The molecule has 4 rings (SSSR count). The van der Waals surface area contributed by atoms with Crippen molar-refractivity contribution in [3.8, 4) is 11.5 Å². The monoisotopic (exact) mass is 404 g/mol. The van der Waals surface area contributed by atoms with Gasteiger partial charge in [-0.25, -0.2) is 4.98 Å². The Morgan fingerprint density at radius 2 is 2.10 bits per heavy atom. The van der Waals surface area contributed by atoms with Gasteiger partial charge in [0.05, 0.1) is 12.5 Å². The Balaban J connectivity index is 1.67. The number of furan rings is 1. The Bertz CT molecular complexity index is 1250. The predicted molar refractivity (Wildman–Crippen MR) is 112 cm³/mol. The zero-order valence-corrected chi connectivity index (χ0v) is 16.1. The summed E-state index contributed by atoms with van der Waals surface area (Å²) in [7, 11) is 0. The van der Waals surface area contributed by atoms with Crippen LogP contribution in [-0.2, 0) is 10.5 Å². The number of hydrogen-bond donors (Lipinski definition) is 1. The quantitative estimate of drug-likeness (QED) is 0.360. The van der Waals surface area contributed by atoms with Crippen LogP contribution in [0.4, 0.5) is 0 Å². The summed E-state index contributed by atoms with van der Waals surface area (Å²) in [5, 5.41) is 9.80. The fourth-order valence-corrected chi connectivity index (χ4v) is 3.62. The average Bonchev–Trinajstić information content (AvgIpc) is 3.26. The third-order valence-electron chi connectivity index (χ3n) is 4.10. The number of H-pyrrole nitrogens is 1. The lowest BCUT2D eigenvalue weighted by Gasteiger charge is -2.09. The molecule has 0 saturated heterocycles. The lowest BCUT2D eigenvalue weighted by molar-refractivity contribution is 0.435. The maximum atomic E-state index is 12.0. The summed E-state index contributed by atoms with van der Waals surface area (Å²) in [5.74, 6) is 1.29. The third kappa shape index (κ3) is 3.97. The van der Waals surface area contributed by atoms with E-state index in [0.29, 0.717) is 28.1 Å². The van der Waals surface area contributed by atoms with Gasteiger partial charge in [0.15, 0.2) is 11.5 Å². The van der Waals surface area contributed by atoms with Crippen molar-refractivity contribution in [1.82, 2.24) is 20.2 Å². The van der Waals surface area contributed by atoms with Gasteiger partial charge in [0.1, 0.15) is 11.5 Å². The van der Waals surface area contributed by atoms with Gasteiger partial charge in [-0.05, 0) is 23.8 Å². The second-order valence-electron chi connectivity index (χ2n) is 5.97. The van der Waals surface area contributed by atoms with Crippen molar-refractivity contribution in [2.24, 2.45) is 0 Å². The molecule has 8 heteroatoms. The van der Waals surface area contributed by atoms with E-state index in [9.17, 15) is 4.79 Å². The minimum atomic E-state index is -0.150. The van der Waals surface area contributed by atoms with Gasteiger partial charge in [0.2, 0.25) is 10.7 Å². The molecule has 0 aliphatic carbocycles. The van der Waals surface area contributed by atoms with Crippen molar-refractivity contribution >= 4 is 28.4 Å². The van der Waals surface area contributed by atoms with Crippen LogP contribution in [0, 0.1) is 0 Å². The molecule has 29 heavy (non-hydrogen) atoms. The van der Waals surface area contributed by atoms with Crippen molar-refractivity contribution in [2.75, 3.05) is 0 Å². The van der Waals surface area contributed by atoms with Crippen molar-refractivity contribution < 1.29 is 9.15 Å². The Morgan fingerprint density at radius 1 is 1.24 bits per heavy atom. The van der Waals surface area contributed by atoms with Crippen LogP contribution < -0.4 is 5.56 Å². The van der Waals surface area contributed by atoms with Crippen LogP contribution in [0.5, 0.6) is 0 Å². The third-order valence-corrected chi connectivity index (χ3v) is 4.99. The van der Waals surface area contributed by atoms with E-state index >= 15 is 0 Å². The van der Waals surface area contributed by atoms with E-state index in [1.807, 2.05) is 24.3 Å². The number of aromatic nitrogens is 4. The van der Waals surface area contributed by atoms with Crippen LogP contribution in [0.25, 0.3) is 28.1 Å². The first-order valence-corrected chi connectivity index (χ1v) is 9.63. The molecule has 144 valence electrons. The number of ether oxygens (including phenoxy) is 1. The first kappa shape index (κ1) is 18.7. The highest BCUT2D eigenvalue weighted by atomic mass is 32.2. The van der Waals surface area contributed by atoms with Gasteiger partial charge in [0.25, 0.3) is 0 Å². The van der Waals surface area contributed by atoms with Crippen LogP contribution in [-0.4, -0.2) is 20.2 Å². The first-order chi connectivity index (χ1) is 14.2. The number of para-hydroxylation sites is 1. The predicted octanol–water partition coefficient (Wildman–Crippen LogP) is 4.40. The number of nitrogens with zero attached hydrogens (tertiary/aromatic N) is 3. The maximum absolute atomic E-state index is 12.0. The van der Waals surface area contributed by atoms with E-state index in [4.69, 9.17) is 9.15 Å². The molecule has 0 bridgehead atoms. The fraction of sp³-hybridized carbons (Fsp3) is 0.0476. The van der Waals surface area contributed by atoms with Gasteiger partial charge in [-0.15, -0.1) is 10.2 Å². The highest BCUT2D eigenvalue weighted by molar-refractivity contribution is 7.98. The number of rotatable bonds is 7. The standard InChI is InChI=1S/C21H16N4O3S/c1-3-27-13(2)19-20(17-9-6-10-28-17)23-21(25-24-19)29-12-14-11-18(26)22-16-8-5-4-7-15(14)16/h3-11H,1-2,12H2,(H,22,26). The molecule has 1 N–H and O–H groups in total. The molecule has 3 aromatic heterocycles. The van der Waals surface area contributed by atoms with E-state index in [0.717, 1.165) is 16.5 Å². The number of benzene rings is 1. The second-order valence-corrected chi connectivity index (χ2v) is 6.91. The van der Waals surface area contributed by atoms with E-state index in [-0.39, 0.29) is 11.3 Å². The van der Waals surface area contributed by atoms with Gasteiger partial charge < -0.3 is 14.1 Å². The van der Waals surface area contributed by atoms with E-state index in [1.54, 1.807) is 24.5 Å². The summed E-state index contributed by atoms with van der Waals surface area (Å²) < 4.78 is 10.7. The van der Waals surface area contributed by atoms with Gasteiger partial charge in [0, 0.05) is 22.7 Å². The topological polar surface area (TPSA) is 93.9 Å². The maximum Gasteiger partial charge on any atom is 0.248 e. The largest absolute Gasteiger partial charge is 0.464 e. The smallest absolute Gasteiger partial charge is 0.248 e. The number of hydrogen-bond acceptors (Lipinski definition) is 7. The van der Waals surface area contributed by atoms with Crippen molar-refractivity contribution in [3.63, 3.8) is 0 Å². The number of aromatic amines is 1. The molecule has 7 nitrogen and oxygen atoms in total. The zero-order valence-electron chi connectivity index (χ0n) is 15.3. The minimum Gasteiger partial charge on any atom is -0.464 e. The van der Waals surface area contributed by atoms with Gasteiger partial charge >= 0.3 is 0 Å². The highest BCUT2D eigenvalue weighted by Gasteiger charge is 2.18. The summed E-state index contributed by atoms with van der Waals surface area (Å²) >= 11 is 1.37. The Hall–Kier alpha value is -3.65. The fourth-order valence-electron chi connectivity index (χ4n) is 2.84. The SMILES string of the molecule is C=COC(=C)c1nnc(SCc2cc(=O)[nH]c3ccccc23)nc1-c1ccco1. The molecule has 0 aliphatic heterocycles. The van der Waals surface area contributed by atoms with Gasteiger partial charge in [-0.1, -0.05) is 43.1 Å². The molecule has 0 unspecified atom stereocenters. The van der Waals surface area contributed by atoms with E-state index in [1.165, 1.54) is 18.0 Å². The molecule has 0 aliphatic rings. The summed E-state index contributed by atoms with van der Waals surface area (Å²) in [6.07, 6.45) is 2.81. The van der Waals surface area contributed by atoms with Crippen LogP contribution in [0.3, 0.4) is 0 Å². The molecular weight excluding hydrogens is 388 g/mol. The van der Waals surface area contributed by atoms with Crippen LogP contribution in [0.1, 0.15) is 11.3 Å². The summed E-state index contributed by atoms with van der Waals surface area (Å²) in [5.41, 5.74) is 2.36. The summed E-state index contributed by atoms with van der Waals surface area (Å²) in [6, 6.07) is 12.8. The lowest BCUT2D eigenvalue weighted by Crippen LogP contribution is -2.06. The highest BCUT2D eigenvalue weighted by Crippen LogP contribution is 2.29. The molecule has 0 saturated carbocycles. The minimum absolute atomic E-state index is 0.150. The molecule has 0 amide bonds. The van der Waals surface area contributed by atoms with Crippen molar-refractivity contribution in [3.05, 3.63) is 89.8 Å².